The third kappa shape index (κ3) is 3.56. The van der Waals surface area contributed by atoms with E-state index in [9.17, 15) is 9.90 Å². The van der Waals surface area contributed by atoms with Crippen LogP contribution in [0.2, 0.25) is 5.02 Å². The number of nitrogens with one attached hydrogen (secondary N) is 1. The Morgan fingerprint density at radius 3 is 2.58 bits per heavy atom. The molecule has 0 saturated heterocycles. The first-order valence-corrected chi connectivity index (χ1v) is 5.92. The van der Waals surface area contributed by atoms with Gasteiger partial charge in [-0.25, -0.2) is 4.99 Å². The largest absolute Gasteiger partial charge is 0.506 e. The fourth-order valence-electron chi connectivity index (χ4n) is 1.43. The van der Waals surface area contributed by atoms with E-state index in [2.05, 4.69) is 10.3 Å². The SMILES string of the molecule is O=C(C=Nc1ccccc1O)Nc1ccccc1Cl. The lowest BCUT2D eigenvalue weighted by Crippen LogP contribution is -2.12. The van der Waals surface area contributed by atoms with Crippen molar-refractivity contribution in [2.45, 2.75) is 0 Å². The maximum atomic E-state index is 11.6. The van der Waals surface area contributed by atoms with Crippen molar-refractivity contribution >= 4 is 35.1 Å². The molecule has 0 aliphatic carbocycles. The Bertz CT molecular complexity index is 626. The zero-order chi connectivity index (χ0) is 13.7. The number of amides is 1. The lowest BCUT2D eigenvalue weighted by Gasteiger charge is -2.03. The van der Waals surface area contributed by atoms with Crippen LogP contribution in [0.25, 0.3) is 0 Å². The molecule has 0 aromatic heterocycles. The summed E-state index contributed by atoms with van der Waals surface area (Å²) >= 11 is 5.91. The van der Waals surface area contributed by atoms with Gasteiger partial charge in [0.25, 0.3) is 5.91 Å². The number of phenolic OH excluding ortho intramolecular Hbond substituents is 1. The molecule has 0 atom stereocenters. The first-order chi connectivity index (χ1) is 9.16. The molecule has 2 N–H and O–H groups in total. The molecule has 2 rings (SSSR count). The zero-order valence-electron chi connectivity index (χ0n) is 9.88. The number of benzene rings is 2. The number of phenols is 1. The number of nitrogens with zero attached hydrogens (tertiary/aromatic N) is 1. The number of rotatable bonds is 3. The number of halogens is 1. The molecule has 2 aromatic carbocycles. The second-order valence-corrected chi connectivity index (χ2v) is 4.12. The van der Waals surface area contributed by atoms with Crippen LogP contribution >= 0.6 is 11.6 Å². The normalized spacial score (nSPS) is 10.6. The van der Waals surface area contributed by atoms with Gasteiger partial charge < -0.3 is 10.4 Å². The number of carbonyl (C=O) groups is 1. The van der Waals surface area contributed by atoms with Crippen LogP contribution in [0.4, 0.5) is 11.4 Å². The topological polar surface area (TPSA) is 61.7 Å². The summed E-state index contributed by atoms with van der Waals surface area (Å²) in [6, 6.07) is 13.4. The Balaban J connectivity index is 2.06. The van der Waals surface area contributed by atoms with Crippen LogP contribution in [0.3, 0.4) is 0 Å². The van der Waals surface area contributed by atoms with Gasteiger partial charge in [0.1, 0.15) is 11.4 Å². The highest BCUT2D eigenvalue weighted by atomic mass is 35.5. The maximum Gasteiger partial charge on any atom is 0.266 e. The molecule has 4 nitrogen and oxygen atoms in total. The highest BCUT2D eigenvalue weighted by molar-refractivity contribution is 6.37. The van der Waals surface area contributed by atoms with Gasteiger partial charge in [-0.05, 0) is 24.3 Å². The van der Waals surface area contributed by atoms with Crippen LogP contribution in [0, 0.1) is 0 Å². The summed E-state index contributed by atoms with van der Waals surface area (Å²) in [5.74, 6) is -0.402. The van der Waals surface area contributed by atoms with Gasteiger partial charge in [0, 0.05) is 0 Å². The van der Waals surface area contributed by atoms with Gasteiger partial charge >= 0.3 is 0 Å². The van der Waals surface area contributed by atoms with Gasteiger partial charge in [-0.2, -0.15) is 0 Å². The Morgan fingerprint density at radius 2 is 1.84 bits per heavy atom. The van der Waals surface area contributed by atoms with Crippen LogP contribution < -0.4 is 5.32 Å². The highest BCUT2D eigenvalue weighted by Gasteiger charge is 2.03. The fraction of sp³-hybridized carbons (Fsp3) is 0. The Kier molecular flexibility index (Phi) is 4.15. The third-order valence-electron chi connectivity index (χ3n) is 2.33. The lowest BCUT2D eigenvalue weighted by molar-refractivity contribution is -0.109. The number of aromatic hydroxyl groups is 1. The van der Waals surface area contributed by atoms with E-state index in [0.717, 1.165) is 6.21 Å². The molecule has 19 heavy (non-hydrogen) atoms. The summed E-state index contributed by atoms with van der Waals surface area (Å²) < 4.78 is 0. The minimum absolute atomic E-state index is 0.0179. The molecule has 5 heteroatoms. The molecule has 0 aliphatic heterocycles. The molecule has 96 valence electrons. The van der Waals surface area contributed by atoms with E-state index in [4.69, 9.17) is 11.6 Å². The second-order valence-electron chi connectivity index (χ2n) is 3.72. The standard InChI is InChI=1S/C14H11ClN2O2/c15-10-5-1-2-6-11(10)17-14(19)9-16-12-7-3-4-8-13(12)18/h1-9,18H,(H,17,19). The van der Waals surface area contributed by atoms with E-state index in [-0.39, 0.29) is 5.75 Å². The molecular formula is C14H11ClN2O2. The molecule has 0 unspecified atom stereocenters. The van der Waals surface area contributed by atoms with Crippen molar-refractivity contribution in [1.29, 1.82) is 0 Å². The van der Waals surface area contributed by atoms with E-state index in [1.807, 2.05) is 0 Å². The Hall–Kier alpha value is -2.33. The minimum Gasteiger partial charge on any atom is -0.506 e. The second kappa shape index (κ2) is 6.02. The van der Waals surface area contributed by atoms with Crippen molar-refractivity contribution in [1.82, 2.24) is 0 Å². The van der Waals surface area contributed by atoms with Gasteiger partial charge in [0.2, 0.25) is 0 Å². The average Bonchev–Trinajstić information content (AvgIpc) is 2.40. The predicted octanol–water partition coefficient (Wildman–Crippen LogP) is 3.39. The summed E-state index contributed by atoms with van der Waals surface area (Å²) in [6.07, 6.45) is 1.10. The first kappa shape index (κ1) is 13.1. The number of anilines is 1. The molecule has 0 radical (unpaired) electrons. The molecule has 0 spiro atoms. The Labute approximate surface area is 115 Å². The smallest absolute Gasteiger partial charge is 0.266 e. The van der Waals surface area contributed by atoms with Crippen LogP contribution in [-0.4, -0.2) is 17.2 Å². The van der Waals surface area contributed by atoms with Crippen LogP contribution in [0.5, 0.6) is 5.75 Å². The van der Waals surface area contributed by atoms with Crippen LogP contribution in [-0.2, 0) is 4.79 Å². The minimum atomic E-state index is -0.420. The monoisotopic (exact) mass is 274 g/mol. The average molecular weight is 275 g/mol. The lowest BCUT2D eigenvalue weighted by atomic mass is 10.3. The fourth-order valence-corrected chi connectivity index (χ4v) is 1.61. The van der Waals surface area contributed by atoms with Crippen LogP contribution in [0.15, 0.2) is 53.5 Å². The van der Waals surface area contributed by atoms with E-state index >= 15 is 0 Å². The number of hydrogen-bond donors (Lipinski definition) is 2. The van der Waals surface area contributed by atoms with Crippen molar-refractivity contribution in [3.8, 4) is 5.75 Å². The van der Waals surface area contributed by atoms with Gasteiger partial charge in [-0.3, -0.25) is 4.79 Å². The van der Waals surface area contributed by atoms with Gasteiger partial charge in [0.05, 0.1) is 16.9 Å². The molecular weight excluding hydrogens is 264 g/mol. The first-order valence-electron chi connectivity index (χ1n) is 5.54. The third-order valence-corrected chi connectivity index (χ3v) is 2.66. The molecule has 0 saturated carbocycles. The van der Waals surface area contributed by atoms with E-state index in [0.29, 0.717) is 16.4 Å². The van der Waals surface area contributed by atoms with Crippen molar-refractivity contribution in [2.75, 3.05) is 5.32 Å². The zero-order valence-corrected chi connectivity index (χ0v) is 10.6. The van der Waals surface area contributed by atoms with Gasteiger partial charge in [-0.15, -0.1) is 0 Å². The van der Waals surface area contributed by atoms with Crippen molar-refractivity contribution < 1.29 is 9.90 Å². The molecule has 0 fully saturated rings. The van der Waals surface area contributed by atoms with Crippen LogP contribution in [0.1, 0.15) is 0 Å². The maximum absolute atomic E-state index is 11.6. The van der Waals surface area contributed by atoms with Crippen molar-refractivity contribution in [3.63, 3.8) is 0 Å². The summed E-state index contributed by atoms with van der Waals surface area (Å²) in [5.41, 5.74) is 0.842. The molecule has 0 bridgehead atoms. The van der Waals surface area contributed by atoms with Gasteiger partial charge in [-0.1, -0.05) is 35.9 Å². The number of hydrogen-bond acceptors (Lipinski definition) is 3. The van der Waals surface area contributed by atoms with Gasteiger partial charge in [0.15, 0.2) is 0 Å². The van der Waals surface area contributed by atoms with E-state index in [1.54, 1.807) is 42.5 Å². The Morgan fingerprint density at radius 1 is 1.16 bits per heavy atom. The molecule has 2 aromatic rings. The summed E-state index contributed by atoms with van der Waals surface area (Å²) in [5, 5.41) is 12.5. The number of para-hydroxylation sites is 3. The summed E-state index contributed by atoms with van der Waals surface area (Å²) in [6.45, 7) is 0. The summed E-state index contributed by atoms with van der Waals surface area (Å²) in [7, 11) is 0. The highest BCUT2D eigenvalue weighted by Crippen LogP contribution is 2.24. The summed E-state index contributed by atoms with van der Waals surface area (Å²) in [4.78, 5) is 15.6. The molecule has 0 aliphatic rings. The predicted molar refractivity (Wildman–Crippen MR) is 76.3 cm³/mol. The van der Waals surface area contributed by atoms with E-state index in [1.165, 1.54) is 6.07 Å². The quantitative estimate of drug-likeness (QED) is 0.843. The number of carbonyl (C=O) groups excluding carboxylic acids is 1. The molecule has 0 heterocycles. The van der Waals surface area contributed by atoms with Crippen molar-refractivity contribution in [2.24, 2.45) is 4.99 Å². The van der Waals surface area contributed by atoms with Crippen molar-refractivity contribution in [3.05, 3.63) is 53.6 Å². The molecule has 1 amide bonds. The number of aliphatic imine (C=N–C) groups is 1. The van der Waals surface area contributed by atoms with E-state index < -0.39 is 5.91 Å².